The van der Waals surface area contributed by atoms with Crippen molar-refractivity contribution in [2.75, 3.05) is 0 Å². The minimum atomic E-state index is -1.42. The number of esters is 1. The first kappa shape index (κ1) is 12.6. The topological polar surface area (TPSA) is 59.1 Å². The average molecular weight is 282 g/mol. The minimum absolute atomic E-state index is 0.123. The van der Waals surface area contributed by atoms with Gasteiger partial charge in [0, 0.05) is 0 Å². The van der Waals surface area contributed by atoms with E-state index in [-0.39, 0.29) is 6.42 Å². The fourth-order valence-electron chi connectivity index (χ4n) is 3.19. The van der Waals surface area contributed by atoms with Crippen molar-refractivity contribution in [1.29, 1.82) is 0 Å². The summed E-state index contributed by atoms with van der Waals surface area (Å²) in [6, 6.07) is 18.6. The van der Waals surface area contributed by atoms with Crippen LogP contribution in [0, 0.1) is 0 Å². The molecule has 4 rings (SSSR count). The van der Waals surface area contributed by atoms with E-state index >= 15 is 0 Å². The average Bonchev–Trinajstić information content (AvgIpc) is 3.25. The number of epoxide rings is 1. The smallest absolute Gasteiger partial charge is 0.311 e. The monoisotopic (exact) mass is 282 g/mol. The quantitative estimate of drug-likeness (QED) is 0.676. The SMILES string of the molecule is O=C1C[C@@](O)(c2ccccc2)[C@]2(c3ccccc3)O[C@@H]2O1. The predicted molar refractivity (Wildman–Crippen MR) is 74.0 cm³/mol. The molecule has 2 fully saturated rings. The third kappa shape index (κ3) is 1.60. The van der Waals surface area contributed by atoms with Crippen LogP contribution in [0.3, 0.4) is 0 Å². The van der Waals surface area contributed by atoms with Gasteiger partial charge in [-0.25, -0.2) is 0 Å². The highest BCUT2D eigenvalue weighted by Gasteiger charge is 2.76. The summed E-state index contributed by atoms with van der Waals surface area (Å²) in [5, 5.41) is 11.3. The Labute approximate surface area is 121 Å². The van der Waals surface area contributed by atoms with E-state index in [9.17, 15) is 9.90 Å². The molecule has 106 valence electrons. The van der Waals surface area contributed by atoms with E-state index in [1.54, 1.807) is 0 Å². The Balaban J connectivity index is 1.89. The number of fused-ring (bicyclic) bond motifs is 1. The van der Waals surface area contributed by atoms with Crippen LogP contribution in [0.2, 0.25) is 0 Å². The third-order valence-corrected chi connectivity index (χ3v) is 4.27. The van der Waals surface area contributed by atoms with Gasteiger partial charge >= 0.3 is 5.97 Å². The Kier molecular flexibility index (Phi) is 2.49. The molecule has 0 unspecified atom stereocenters. The first-order valence-electron chi connectivity index (χ1n) is 6.87. The molecule has 21 heavy (non-hydrogen) atoms. The summed E-state index contributed by atoms with van der Waals surface area (Å²) >= 11 is 0. The third-order valence-electron chi connectivity index (χ3n) is 4.27. The minimum Gasteiger partial charge on any atom is -0.432 e. The van der Waals surface area contributed by atoms with Crippen LogP contribution >= 0.6 is 0 Å². The van der Waals surface area contributed by atoms with Gasteiger partial charge in [-0.15, -0.1) is 0 Å². The Morgan fingerprint density at radius 2 is 1.52 bits per heavy atom. The van der Waals surface area contributed by atoms with E-state index < -0.39 is 23.5 Å². The van der Waals surface area contributed by atoms with Gasteiger partial charge in [0.15, 0.2) is 5.60 Å². The van der Waals surface area contributed by atoms with Crippen LogP contribution in [-0.4, -0.2) is 17.4 Å². The van der Waals surface area contributed by atoms with Crippen LogP contribution < -0.4 is 0 Å². The lowest BCUT2D eigenvalue weighted by atomic mass is 9.73. The molecule has 4 heteroatoms. The molecule has 0 spiro atoms. The lowest BCUT2D eigenvalue weighted by molar-refractivity contribution is -0.165. The molecule has 2 aromatic carbocycles. The van der Waals surface area contributed by atoms with Gasteiger partial charge in [0.25, 0.3) is 0 Å². The lowest BCUT2D eigenvalue weighted by Gasteiger charge is -2.36. The van der Waals surface area contributed by atoms with E-state index in [0.717, 1.165) is 5.56 Å². The van der Waals surface area contributed by atoms with Crippen molar-refractivity contribution in [3.05, 3.63) is 71.8 Å². The summed E-state index contributed by atoms with van der Waals surface area (Å²) < 4.78 is 10.9. The Morgan fingerprint density at radius 3 is 2.14 bits per heavy atom. The van der Waals surface area contributed by atoms with Crippen LogP contribution in [0.1, 0.15) is 17.5 Å². The van der Waals surface area contributed by atoms with E-state index in [0.29, 0.717) is 5.56 Å². The number of rotatable bonds is 2. The number of ether oxygens (including phenoxy) is 2. The van der Waals surface area contributed by atoms with E-state index in [4.69, 9.17) is 9.47 Å². The summed E-state index contributed by atoms with van der Waals surface area (Å²) in [4.78, 5) is 11.8. The molecule has 0 amide bonds. The predicted octanol–water partition coefficient (Wildman–Crippen LogP) is 2.07. The normalized spacial score (nSPS) is 34.0. The first-order chi connectivity index (χ1) is 10.2. The Morgan fingerprint density at radius 1 is 0.952 bits per heavy atom. The summed E-state index contributed by atoms with van der Waals surface area (Å²) in [6.07, 6.45) is -0.853. The maximum absolute atomic E-state index is 11.8. The van der Waals surface area contributed by atoms with Crippen molar-refractivity contribution >= 4 is 5.97 Å². The second-order valence-corrected chi connectivity index (χ2v) is 5.44. The van der Waals surface area contributed by atoms with Gasteiger partial charge in [0.1, 0.15) is 5.60 Å². The van der Waals surface area contributed by atoms with Crippen molar-refractivity contribution in [1.82, 2.24) is 0 Å². The molecule has 2 aliphatic rings. The van der Waals surface area contributed by atoms with Crippen molar-refractivity contribution in [2.24, 2.45) is 0 Å². The Hall–Kier alpha value is -2.17. The Bertz CT molecular complexity index is 684. The van der Waals surface area contributed by atoms with Crippen LogP contribution in [0.25, 0.3) is 0 Å². The second kappa shape index (κ2) is 4.16. The van der Waals surface area contributed by atoms with Crippen molar-refractivity contribution in [3.8, 4) is 0 Å². The summed E-state index contributed by atoms with van der Waals surface area (Å²) in [5.74, 6) is -0.449. The number of hydrogen-bond acceptors (Lipinski definition) is 4. The molecule has 0 saturated carbocycles. The van der Waals surface area contributed by atoms with Gasteiger partial charge < -0.3 is 14.6 Å². The molecule has 2 saturated heterocycles. The standard InChI is InChI=1S/C17H14O4/c18-14-11-16(19,12-7-3-1-4-8-12)17(15(20-14)21-17)13-9-5-2-6-10-13/h1-10,15,19H,11H2/t15-,16+,17+/m0/s1. The summed E-state index contributed by atoms with van der Waals surface area (Å²) in [5.41, 5.74) is -0.957. The zero-order valence-corrected chi connectivity index (χ0v) is 11.2. The van der Waals surface area contributed by atoms with Gasteiger partial charge in [0.2, 0.25) is 6.29 Å². The highest BCUT2D eigenvalue weighted by atomic mass is 16.8. The highest BCUT2D eigenvalue weighted by molar-refractivity contribution is 5.74. The number of hydrogen-bond donors (Lipinski definition) is 1. The van der Waals surface area contributed by atoms with E-state index in [1.165, 1.54) is 0 Å². The van der Waals surface area contributed by atoms with Gasteiger partial charge in [-0.1, -0.05) is 60.7 Å². The molecule has 2 heterocycles. The van der Waals surface area contributed by atoms with Gasteiger partial charge in [-0.3, -0.25) is 4.79 Å². The molecule has 4 nitrogen and oxygen atoms in total. The molecule has 0 bridgehead atoms. The summed E-state index contributed by atoms with van der Waals surface area (Å²) in [6.45, 7) is 0. The number of aliphatic hydroxyl groups is 1. The fourth-order valence-corrected chi connectivity index (χ4v) is 3.19. The zero-order chi connectivity index (χ0) is 14.5. The van der Waals surface area contributed by atoms with Crippen molar-refractivity contribution in [2.45, 2.75) is 23.9 Å². The van der Waals surface area contributed by atoms with Gasteiger partial charge in [0.05, 0.1) is 6.42 Å². The largest absolute Gasteiger partial charge is 0.432 e. The molecule has 0 aliphatic carbocycles. The second-order valence-electron chi connectivity index (χ2n) is 5.44. The van der Waals surface area contributed by atoms with Crippen molar-refractivity contribution < 1.29 is 19.4 Å². The zero-order valence-electron chi connectivity index (χ0n) is 11.2. The lowest BCUT2D eigenvalue weighted by Crippen LogP contribution is -2.48. The van der Waals surface area contributed by atoms with Gasteiger partial charge in [-0.05, 0) is 11.1 Å². The van der Waals surface area contributed by atoms with Crippen LogP contribution in [0.4, 0.5) is 0 Å². The van der Waals surface area contributed by atoms with E-state index in [1.807, 2.05) is 60.7 Å². The molecule has 3 atom stereocenters. The van der Waals surface area contributed by atoms with Gasteiger partial charge in [-0.2, -0.15) is 0 Å². The number of carbonyl (C=O) groups is 1. The molecule has 0 aromatic heterocycles. The molecule has 2 aromatic rings. The first-order valence-corrected chi connectivity index (χ1v) is 6.87. The molecule has 2 aliphatic heterocycles. The molecular formula is C17H14O4. The fraction of sp³-hybridized carbons (Fsp3) is 0.235. The number of carbonyl (C=O) groups excluding carboxylic acids is 1. The van der Waals surface area contributed by atoms with Crippen molar-refractivity contribution in [3.63, 3.8) is 0 Å². The number of benzene rings is 2. The van der Waals surface area contributed by atoms with Crippen LogP contribution in [0.5, 0.6) is 0 Å². The molecule has 0 radical (unpaired) electrons. The van der Waals surface area contributed by atoms with E-state index in [2.05, 4.69) is 0 Å². The summed E-state index contributed by atoms with van der Waals surface area (Å²) in [7, 11) is 0. The highest BCUT2D eigenvalue weighted by Crippen LogP contribution is 2.62. The maximum Gasteiger partial charge on any atom is 0.311 e. The molecular weight excluding hydrogens is 268 g/mol. The van der Waals surface area contributed by atoms with Crippen LogP contribution in [-0.2, 0) is 25.5 Å². The van der Waals surface area contributed by atoms with Crippen LogP contribution in [0.15, 0.2) is 60.7 Å². The molecule has 1 N–H and O–H groups in total. The maximum atomic E-state index is 11.8.